The van der Waals surface area contributed by atoms with Crippen LogP contribution in [-0.2, 0) is 14.4 Å². The first kappa shape index (κ1) is 18.0. The SMILES string of the molecule is CC(=O)Nc1ccc(N2C(=O)C(c3ccccc3)=C(N3CCCC3)C2=O)cc1. The van der Waals surface area contributed by atoms with Gasteiger partial charge in [-0.2, -0.15) is 0 Å². The number of hydrogen-bond donors (Lipinski definition) is 1. The summed E-state index contributed by atoms with van der Waals surface area (Å²) < 4.78 is 0. The largest absolute Gasteiger partial charge is 0.366 e. The first-order valence-corrected chi connectivity index (χ1v) is 9.37. The number of nitrogens with one attached hydrogen (secondary N) is 1. The van der Waals surface area contributed by atoms with Crippen LogP contribution in [0.5, 0.6) is 0 Å². The van der Waals surface area contributed by atoms with Crippen molar-refractivity contribution >= 4 is 34.7 Å². The Morgan fingerprint density at radius 2 is 1.54 bits per heavy atom. The number of likely N-dealkylation sites (tertiary alicyclic amines) is 1. The molecule has 2 aromatic rings. The van der Waals surface area contributed by atoms with Gasteiger partial charge < -0.3 is 10.2 Å². The summed E-state index contributed by atoms with van der Waals surface area (Å²) in [6.07, 6.45) is 2.02. The van der Waals surface area contributed by atoms with Gasteiger partial charge in [0.2, 0.25) is 5.91 Å². The van der Waals surface area contributed by atoms with Crippen LogP contribution in [0, 0.1) is 0 Å². The zero-order valence-corrected chi connectivity index (χ0v) is 15.6. The lowest BCUT2D eigenvalue weighted by Crippen LogP contribution is -2.34. The lowest BCUT2D eigenvalue weighted by molar-refractivity contribution is -0.120. The summed E-state index contributed by atoms with van der Waals surface area (Å²) in [6, 6.07) is 16.1. The van der Waals surface area contributed by atoms with Crippen molar-refractivity contribution in [3.05, 3.63) is 65.9 Å². The van der Waals surface area contributed by atoms with Crippen molar-refractivity contribution in [1.29, 1.82) is 0 Å². The molecule has 2 aromatic carbocycles. The lowest BCUT2D eigenvalue weighted by atomic mass is 10.0. The number of hydrogen-bond acceptors (Lipinski definition) is 4. The third-order valence-corrected chi connectivity index (χ3v) is 4.99. The zero-order valence-electron chi connectivity index (χ0n) is 15.6. The van der Waals surface area contributed by atoms with Crippen LogP contribution in [0.25, 0.3) is 5.57 Å². The van der Waals surface area contributed by atoms with Crippen LogP contribution in [0.3, 0.4) is 0 Å². The lowest BCUT2D eigenvalue weighted by Gasteiger charge is -2.20. The number of rotatable bonds is 4. The van der Waals surface area contributed by atoms with Gasteiger partial charge in [-0.25, -0.2) is 4.90 Å². The Morgan fingerprint density at radius 3 is 2.14 bits per heavy atom. The normalized spacial score (nSPS) is 16.9. The zero-order chi connectivity index (χ0) is 19.7. The number of nitrogens with zero attached hydrogens (tertiary/aromatic N) is 2. The standard InChI is InChI=1S/C22H21N3O3/c1-15(26)23-17-9-11-18(12-10-17)25-21(27)19(16-7-3-2-4-8-16)20(22(25)28)24-13-5-6-14-24/h2-4,7-12H,5-6,13-14H2,1H3,(H,23,26). The average Bonchev–Trinajstić information content (AvgIpc) is 3.29. The Hall–Kier alpha value is -3.41. The van der Waals surface area contributed by atoms with E-state index in [0.29, 0.717) is 22.6 Å². The van der Waals surface area contributed by atoms with Gasteiger partial charge in [0.1, 0.15) is 5.70 Å². The van der Waals surface area contributed by atoms with Crippen LogP contribution in [0.2, 0.25) is 0 Å². The smallest absolute Gasteiger partial charge is 0.282 e. The Bertz CT molecular complexity index is 958. The van der Waals surface area contributed by atoms with E-state index in [2.05, 4.69) is 5.32 Å². The van der Waals surface area contributed by atoms with Crippen molar-refractivity contribution in [3.63, 3.8) is 0 Å². The van der Waals surface area contributed by atoms with Crippen LogP contribution in [0.4, 0.5) is 11.4 Å². The van der Waals surface area contributed by atoms with Gasteiger partial charge in [0.15, 0.2) is 0 Å². The number of carbonyl (C=O) groups is 3. The molecule has 4 rings (SSSR count). The van der Waals surface area contributed by atoms with Gasteiger partial charge in [0, 0.05) is 25.7 Å². The van der Waals surface area contributed by atoms with Gasteiger partial charge in [-0.3, -0.25) is 14.4 Å². The van der Waals surface area contributed by atoms with Crippen LogP contribution in [-0.4, -0.2) is 35.7 Å². The predicted octanol–water partition coefficient (Wildman–Crippen LogP) is 3.03. The van der Waals surface area contributed by atoms with Crippen molar-refractivity contribution in [3.8, 4) is 0 Å². The molecule has 6 nitrogen and oxygen atoms in total. The fourth-order valence-corrected chi connectivity index (χ4v) is 3.75. The molecule has 0 atom stereocenters. The molecule has 1 saturated heterocycles. The second-order valence-electron chi connectivity index (χ2n) is 6.96. The molecule has 2 aliphatic heterocycles. The second-order valence-corrected chi connectivity index (χ2v) is 6.96. The van der Waals surface area contributed by atoms with Crippen molar-refractivity contribution in [2.24, 2.45) is 0 Å². The molecular formula is C22H21N3O3. The van der Waals surface area contributed by atoms with Crippen LogP contribution in [0.1, 0.15) is 25.3 Å². The van der Waals surface area contributed by atoms with Gasteiger partial charge in [-0.1, -0.05) is 30.3 Å². The fraction of sp³-hybridized carbons (Fsp3) is 0.227. The molecule has 2 heterocycles. The Kier molecular flexibility index (Phi) is 4.69. The highest BCUT2D eigenvalue weighted by atomic mass is 16.2. The summed E-state index contributed by atoms with van der Waals surface area (Å²) in [4.78, 5) is 41.0. The quantitative estimate of drug-likeness (QED) is 0.834. The van der Waals surface area contributed by atoms with E-state index in [1.807, 2.05) is 35.2 Å². The van der Waals surface area contributed by atoms with E-state index in [4.69, 9.17) is 0 Å². The van der Waals surface area contributed by atoms with Crippen molar-refractivity contribution in [2.75, 3.05) is 23.3 Å². The second kappa shape index (κ2) is 7.31. The monoisotopic (exact) mass is 375 g/mol. The number of benzene rings is 2. The van der Waals surface area contributed by atoms with Gasteiger partial charge in [-0.05, 0) is 42.7 Å². The molecule has 1 fully saturated rings. The number of imide groups is 1. The number of amides is 3. The van der Waals surface area contributed by atoms with E-state index < -0.39 is 0 Å². The maximum absolute atomic E-state index is 13.3. The topological polar surface area (TPSA) is 69.7 Å². The van der Waals surface area contributed by atoms with Crippen molar-refractivity contribution < 1.29 is 14.4 Å². The fourth-order valence-electron chi connectivity index (χ4n) is 3.75. The average molecular weight is 375 g/mol. The number of carbonyl (C=O) groups excluding carboxylic acids is 3. The third-order valence-electron chi connectivity index (χ3n) is 4.99. The summed E-state index contributed by atoms with van der Waals surface area (Å²) in [5, 5.41) is 2.69. The first-order valence-electron chi connectivity index (χ1n) is 9.37. The van der Waals surface area contributed by atoms with Gasteiger partial charge in [0.25, 0.3) is 11.8 Å². The first-order chi connectivity index (χ1) is 13.6. The van der Waals surface area contributed by atoms with Crippen molar-refractivity contribution in [1.82, 2.24) is 4.90 Å². The summed E-state index contributed by atoms with van der Waals surface area (Å²) >= 11 is 0. The molecule has 28 heavy (non-hydrogen) atoms. The summed E-state index contributed by atoms with van der Waals surface area (Å²) in [7, 11) is 0. The third kappa shape index (κ3) is 3.17. The maximum Gasteiger partial charge on any atom is 0.282 e. The van der Waals surface area contributed by atoms with Gasteiger partial charge >= 0.3 is 0 Å². The minimum absolute atomic E-state index is 0.176. The van der Waals surface area contributed by atoms with E-state index in [-0.39, 0.29) is 17.7 Å². The summed E-state index contributed by atoms with van der Waals surface area (Å²) in [5.41, 5.74) is 2.80. The van der Waals surface area contributed by atoms with E-state index in [1.54, 1.807) is 24.3 Å². The molecule has 3 amide bonds. The molecule has 6 heteroatoms. The molecule has 0 spiro atoms. The maximum atomic E-state index is 13.3. The van der Waals surface area contributed by atoms with E-state index in [0.717, 1.165) is 31.5 Å². The highest BCUT2D eigenvalue weighted by molar-refractivity contribution is 6.45. The summed E-state index contributed by atoms with van der Waals surface area (Å²) in [5.74, 6) is -0.783. The molecule has 0 radical (unpaired) electrons. The minimum Gasteiger partial charge on any atom is -0.366 e. The molecule has 0 aromatic heterocycles. The minimum atomic E-state index is -0.314. The molecule has 0 saturated carbocycles. The summed E-state index contributed by atoms with van der Waals surface area (Å²) in [6.45, 7) is 2.99. The van der Waals surface area contributed by atoms with Gasteiger partial charge in [-0.15, -0.1) is 0 Å². The molecule has 2 aliphatic rings. The highest BCUT2D eigenvalue weighted by Gasteiger charge is 2.42. The van der Waals surface area contributed by atoms with E-state index >= 15 is 0 Å². The molecule has 0 aliphatic carbocycles. The Labute approximate surface area is 163 Å². The Balaban J connectivity index is 1.73. The van der Waals surface area contributed by atoms with Crippen LogP contribution in [0.15, 0.2) is 60.3 Å². The van der Waals surface area contributed by atoms with Crippen LogP contribution < -0.4 is 10.2 Å². The number of anilines is 2. The molecule has 0 unspecified atom stereocenters. The highest BCUT2D eigenvalue weighted by Crippen LogP contribution is 2.36. The van der Waals surface area contributed by atoms with Gasteiger partial charge in [0.05, 0.1) is 11.3 Å². The van der Waals surface area contributed by atoms with E-state index in [9.17, 15) is 14.4 Å². The van der Waals surface area contributed by atoms with Crippen molar-refractivity contribution in [2.45, 2.75) is 19.8 Å². The molecule has 0 bridgehead atoms. The Morgan fingerprint density at radius 1 is 0.893 bits per heavy atom. The predicted molar refractivity (Wildman–Crippen MR) is 107 cm³/mol. The van der Waals surface area contributed by atoms with E-state index in [1.165, 1.54) is 11.8 Å². The van der Waals surface area contributed by atoms with Crippen LogP contribution >= 0.6 is 0 Å². The molecular weight excluding hydrogens is 354 g/mol. The molecule has 1 N–H and O–H groups in total. The molecule has 142 valence electrons.